The second kappa shape index (κ2) is 5.79. The van der Waals surface area contributed by atoms with E-state index in [1.807, 2.05) is 0 Å². The van der Waals surface area contributed by atoms with Crippen LogP contribution in [0.4, 0.5) is 5.82 Å². The lowest BCUT2D eigenvalue weighted by atomic mass is 10.2. The summed E-state index contributed by atoms with van der Waals surface area (Å²) in [5.41, 5.74) is -0.0813. The zero-order chi connectivity index (χ0) is 14.9. The molecule has 1 aliphatic heterocycles. The Labute approximate surface area is 126 Å². The summed E-state index contributed by atoms with van der Waals surface area (Å²) in [5, 5.41) is 8.39. The van der Waals surface area contributed by atoms with Gasteiger partial charge >= 0.3 is 5.97 Å². The fraction of sp³-hybridized carbons (Fsp3) is 0.455. The number of sulfone groups is 1. The second-order valence-electron chi connectivity index (χ2n) is 4.38. The number of halogens is 1. The summed E-state index contributed by atoms with van der Waals surface area (Å²) in [5.74, 6) is 0.355. The number of aromatic carboxylic acids is 1. The van der Waals surface area contributed by atoms with E-state index in [1.54, 1.807) is 16.7 Å². The third-order valence-corrected chi connectivity index (χ3v) is 5.89. The number of pyridine rings is 1. The molecule has 2 heterocycles. The van der Waals surface area contributed by atoms with Crippen molar-refractivity contribution in [3.63, 3.8) is 0 Å². The molecule has 0 amide bonds. The number of thioether (sulfide) groups is 1. The van der Waals surface area contributed by atoms with Crippen LogP contribution in [0, 0.1) is 0 Å². The Balaban J connectivity index is 2.43. The Morgan fingerprint density at radius 3 is 2.90 bits per heavy atom. The Hall–Kier alpha value is -0.990. The van der Waals surface area contributed by atoms with E-state index in [0.29, 0.717) is 18.1 Å². The molecule has 1 saturated heterocycles. The van der Waals surface area contributed by atoms with Gasteiger partial charge in [0, 0.05) is 30.5 Å². The lowest BCUT2D eigenvalue weighted by molar-refractivity contribution is 0.0697. The van der Waals surface area contributed by atoms with Crippen molar-refractivity contribution in [2.45, 2.75) is 5.37 Å². The van der Waals surface area contributed by atoms with Gasteiger partial charge in [-0.1, -0.05) is 11.6 Å². The van der Waals surface area contributed by atoms with Gasteiger partial charge in [-0.25, -0.2) is 18.2 Å². The first-order valence-corrected chi connectivity index (χ1v) is 9.21. The van der Waals surface area contributed by atoms with E-state index in [1.165, 1.54) is 18.5 Å². The van der Waals surface area contributed by atoms with Crippen LogP contribution in [-0.2, 0) is 9.84 Å². The largest absolute Gasteiger partial charge is 0.478 e. The van der Waals surface area contributed by atoms with E-state index in [4.69, 9.17) is 16.7 Å². The predicted molar refractivity (Wildman–Crippen MR) is 79.5 cm³/mol. The molecule has 0 bridgehead atoms. The molecule has 1 fully saturated rings. The summed E-state index contributed by atoms with van der Waals surface area (Å²) < 4.78 is 23.7. The van der Waals surface area contributed by atoms with Crippen LogP contribution in [0.5, 0.6) is 0 Å². The van der Waals surface area contributed by atoms with Crippen LogP contribution in [0.3, 0.4) is 0 Å². The van der Waals surface area contributed by atoms with Gasteiger partial charge in [-0.05, 0) is 6.07 Å². The molecular formula is C11H13ClN2O4S2. The fourth-order valence-electron chi connectivity index (χ4n) is 1.95. The minimum absolute atomic E-state index is 0.0311. The number of carboxylic acid groups (broad SMARTS) is 1. The smallest absolute Gasteiger partial charge is 0.337 e. The SMILES string of the molecule is CS(=O)(=O)C1CSCCN1c1cc(C(=O)O)c(Cl)cn1. The quantitative estimate of drug-likeness (QED) is 0.891. The highest BCUT2D eigenvalue weighted by molar-refractivity contribution is 8.01. The van der Waals surface area contributed by atoms with Crippen molar-refractivity contribution in [3.05, 3.63) is 22.8 Å². The van der Waals surface area contributed by atoms with Crippen molar-refractivity contribution in [1.29, 1.82) is 0 Å². The molecule has 9 heteroatoms. The first-order valence-electron chi connectivity index (χ1n) is 5.73. The molecule has 0 aliphatic carbocycles. The van der Waals surface area contributed by atoms with Gasteiger partial charge < -0.3 is 10.0 Å². The topological polar surface area (TPSA) is 87.6 Å². The molecule has 2 rings (SSSR count). The van der Waals surface area contributed by atoms with Crippen molar-refractivity contribution in [1.82, 2.24) is 4.98 Å². The molecule has 6 nitrogen and oxygen atoms in total. The summed E-state index contributed by atoms with van der Waals surface area (Å²) in [6.45, 7) is 0.496. The van der Waals surface area contributed by atoms with Crippen LogP contribution in [0.25, 0.3) is 0 Å². The lowest BCUT2D eigenvalue weighted by Crippen LogP contribution is -2.47. The first kappa shape index (κ1) is 15.4. The predicted octanol–water partition coefficient (Wildman–Crippen LogP) is 1.36. The number of hydrogen-bond donors (Lipinski definition) is 1. The molecule has 1 aromatic heterocycles. The van der Waals surface area contributed by atoms with Crippen molar-refractivity contribution < 1.29 is 18.3 Å². The summed E-state index contributed by atoms with van der Waals surface area (Å²) in [7, 11) is -3.28. The molecule has 110 valence electrons. The van der Waals surface area contributed by atoms with Gasteiger partial charge in [0.15, 0.2) is 9.84 Å². The fourth-order valence-corrected chi connectivity index (χ4v) is 4.96. The molecule has 0 aromatic carbocycles. The Morgan fingerprint density at radius 2 is 2.30 bits per heavy atom. The van der Waals surface area contributed by atoms with Crippen molar-refractivity contribution >= 4 is 45.0 Å². The Kier molecular flexibility index (Phi) is 4.46. The van der Waals surface area contributed by atoms with Crippen molar-refractivity contribution in [3.8, 4) is 0 Å². The molecule has 0 radical (unpaired) electrons. The minimum atomic E-state index is -3.28. The lowest BCUT2D eigenvalue weighted by Gasteiger charge is -2.35. The van der Waals surface area contributed by atoms with Gasteiger partial charge in [0.2, 0.25) is 0 Å². The van der Waals surface area contributed by atoms with E-state index in [0.717, 1.165) is 5.75 Å². The van der Waals surface area contributed by atoms with Crippen molar-refractivity contribution in [2.75, 3.05) is 29.2 Å². The van der Waals surface area contributed by atoms with Gasteiger partial charge in [-0.15, -0.1) is 0 Å². The van der Waals surface area contributed by atoms with Crippen LogP contribution in [0.2, 0.25) is 5.02 Å². The number of hydrogen-bond acceptors (Lipinski definition) is 6. The average Bonchev–Trinajstić information content (AvgIpc) is 2.38. The number of carbonyl (C=O) groups is 1. The van der Waals surface area contributed by atoms with Gasteiger partial charge in [0.25, 0.3) is 0 Å². The molecule has 1 atom stereocenters. The standard InChI is InChI=1S/C11H13ClN2O4S2/c1-20(17,18)10-6-19-3-2-14(10)9-4-7(11(15)16)8(12)5-13-9/h4-5,10H,2-3,6H2,1H3,(H,15,16). The molecular weight excluding hydrogens is 324 g/mol. The summed E-state index contributed by atoms with van der Waals surface area (Å²) in [6, 6.07) is 1.32. The molecule has 20 heavy (non-hydrogen) atoms. The third-order valence-electron chi connectivity index (χ3n) is 2.94. The van der Waals surface area contributed by atoms with E-state index < -0.39 is 21.2 Å². The zero-order valence-corrected chi connectivity index (χ0v) is 13.0. The number of anilines is 1. The summed E-state index contributed by atoms with van der Waals surface area (Å²) >= 11 is 7.32. The van der Waals surface area contributed by atoms with E-state index in [9.17, 15) is 13.2 Å². The maximum Gasteiger partial charge on any atom is 0.337 e. The Morgan fingerprint density at radius 1 is 1.60 bits per heavy atom. The second-order valence-corrected chi connectivity index (χ2v) is 8.14. The molecule has 0 spiro atoms. The van der Waals surface area contributed by atoms with Crippen LogP contribution in [0.15, 0.2) is 12.3 Å². The van der Waals surface area contributed by atoms with Crippen LogP contribution < -0.4 is 4.90 Å². The van der Waals surface area contributed by atoms with E-state index >= 15 is 0 Å². The van der Waals surface area contributed by atoms with Gasteiger partial charge in [0.1, 0.15) is 11.2 Å². The van der Waals surface area contributed by atoms with E-state index in [-0.39, 0.29) is 10.6 Å². The van der Waals surface area contributed by atoms with Gasteiger partial charge in [-0.2, -0.15) is 11.8 Å². The van der Waals surface area contributed by atoms with E-state index in [2.05, 4.69) is 4.98 Å². The molecule has 1 unspecified atom stereocenters. The van der Waals surface area contributed by atoms with Gasteiger partial charge in [-0.3, -0.25) is 0 Å². The molecule has 1 aliphatic rings. The Bertz CT molecular complexity index is 635. The maximum atomic E-state index is 11.8. The molecule has 1 aromatic rings. The van der Waals surface area contributed by atoms with Crippen LogP contribution >= 0.6 is 23.4 Å². The number of rotatable bonds is 3. The maximum absolute atomic E-state index is 11.8. The highest BCUT2D eigenvalue weighted by Crippen LogP contribution is 2.27. The normalized spacial score (nSPS) is 19.9. The number of carboxylic acids is 1. The zero-order valence-electron chi connectivity index (χ0n) is 10.6. The first-order chi connectivity index (χ1) is 9.30. The highest BCUT2D eigenvalue weighted by Gasteiger charge is 2.32. The molecule has 1 N–H and O–H groups in total. The monoisotopic (exact) mass is 336 g/mol. The number of aromatic nitrogens is 1. The van der Waals surface area contributed by atoms with Crippen LogP contribution in [-0.4, -0.2) is 54.2 Å². The third kappa shape index (κ3) is 3.18. The highest BCUT2D eigenvalue weighted by atomic mass is 35.5. The van der Waals surface area contributed by atoms with Gasteiger partial charge in [0.05, 0.1) is 10.6 Å². The number of nitrogens with zero attached hydrogens (tertiary/aromatic N) is 2. The summed E-state index contributed by atoms with van der Waals surface area (Å²) in [6.07, 6.45) is 2.41. The molecule has 0 saturated carbocycles. The van der Waals surface area contributed by atoms with Crippen molar-refractivity contribution in [2.24, 2.45) is 0 Å². The van der Waals surface area contributed by atoms with Crippen LogP contribution in [0.1, 0.15) is 10.4 Å². The summed E-state index contributed by atoms with van der Waals surface area (Å²) in [4.78, 5) is 16.8. The average molecular weight is 337 g/mol. The minimum Gasteiger partial charge on any atom is -0.478 e.